The van der Waals surface area contributed by atoms with Crippen molar-refractivity contribution in [2.75, 3.05) is 0 Å². The molecule has 0 heterocycles. The Labute approximate surface area is 102 Å². The maximum Gasteiger partial charge on any atom is 0.00168 e. The van der Waals surface area contributed by atoms with Crippen molar-refractivity contribution in [2.24, 2.45) is 17.3 Å². The van der Waals surface area contributed by atoms with Crippen LogP contribution in [0.25, 0.3) is 0 Å². The van der Waals surface area contributed by atoms with Gasteiger partial charge in [-0.2, -0.15) is 12.6 Å². The molecule has 0 bridgehead atoms. The first-order valence-electron chi connectivity index (χ1n) is 6.67. The van der Waals surface area contributed by atoms with Crippen LogP contribution in [0, 0.1) is 17.3 Å². The lowest BCUT2D eigenvalue weighted by atomic mass is 9.62. The summed E-state index contributed by atoms with van der Waals surface area (Å²) in [7, 11) is 0. The summed E-state index contributed by atoms with van der Waals surface area (Å²) in [5.41, 5.74) is 0.605. The average Bonchev–Trinajstić information content (AvgIpc) is 2.09. The van der Waals surface area contributed by atoms with Gasteiger partial charge in [-0.05, 0) is 42.9 Å². The van der Waals surface area contributed by atoms with Gasteiger partial charge in [-0.1, -0.05) is 40.5 Å². The molecule has 0 atom stereocenters. The van der Waals surface area contributed by atoms with E-state index in [-0.39, 0.29) is 0 Å². The molecule has 90 valence electrons. The van der Waals surface area contributed by atoms with Crippen molar-refractivity contribution in [3.8, 4) is 0 Å². The van der Waals surface area contributed by atoms with Crippen molar-refractivity contribution in [3.05, 3.63) is 0 Å². The Morgan fingerprint density at radius 2 is 1.33 bits per heavy atom. The van der Waals surface area contributed by atoms with Gasteiger partial charge in [-0.15, -0.1) is 0 Å². The highest BCUT2D eigenvalue weighted by Gasteiger charge is 2.36. The Hall–Kier alpha value is 0.350. The molecule has 0 aromatic carbocycles. The zero-order chi connectivity index (χ0) is 11.5. The zero-order valence-electron chi connectivity index (χ0n) is 10.9. The van der Waals surface area contributed by atoms with Gasteiger partial charge >= 0.3 is 0 Å². The highest BCUT2D eigenvalue weighted by Crippen LogP contribution is 2.46. The highest BCUT2D eigenvalue weighted by atomic mass is 32.1. The lowest BCUT2D eigenvalue weighted by Gasteiger charge is -2.43. The van der Waals surface area contributed by atoms with Gasteiger partial charge in [0.1, 0.15) is 0 Å². The largest absolute Gasteiger partial charge is 0.176 e. The molecule has 1 aliphatic rings. The molecule has 0 aliphatic heterocycles. The van der Waals surface area contributed by atoms with Gasteiger partial charge in [-0.25, -0.2) is 0 Å². The van der Waals surface area contributed by atoms with E-state index in [1.807, 2.05) is 0 Å². The second kappa shape index (κ2) is 5.61. The van der Waals surface area contributed by atoms with Gasteiger partial charge in [0.2, 0.25) is 0 Å². The number of hydrogen-bond acceptors (Lipinski definition) is 1. The molecule has 0 aromatic heterocycles. The van der Waals surface area contributed by atoms with Crippen molar-refractivity contribution in [2.45, 2.75) is 71.5 Å². The molecule has 0 N–H and O–H groups in total. The number of thiol groups is 1. The Balaban J connectivity index is 2.70. The molecule has 0 nitrogen and oxygen atoms in total. The van der Waals surface area contributed by atoms with Gasteiger partial charge in [0.15, 0.2) is 0 Å². The summed E-state index contributed by atoms with van der Waals surface area (Å²) in [5.74, 6) is 1.66. The minimum atomic E-state index is 0.605. The third-order valence-electron chi connectivity index (χ3n) is 4.66. The predicted octanol–water partition coefficient (Wildman–Crippen LogP) is 4.94. The van der Waals surface area contributed by atoms with Gasteiger partial charge < -0.3 is 0 Å². The molecule has 0 aromatic rings. The third-order valence-corrected chi connectivity index (χ3v) is 5.18. The van der Waals surface area contributed by atoms with Crippen LogP contribution in [-0.4, -0.2) is 5.25 Å². The van der Waals surface area contributed by atoms with Crippen LogP contribution in [0.1, 0.15) is 66.2 Å². The van der Waals surface area contributed by atoms with E-state index in [1.54, 1.807) is 0 Å². The Morgan fingerprint density at radius 1 is 0.933 bits per heavy atom. The Kier molecular flexibility index (Phi) is 5.02. The van der Waals surface area contributed by atoms with Crippen molar-refractivity contribution in [3.63, 3.8) is 0 Å². The zero-order valence-corrected chi connectivity index (χ0v) is 11.8. The maximum atomic E-state index is 4.64. The number of rotatable bonds is 2. The fourth-order valence-corrected chi connectivity index (χ4v) is 3.79. The standard InChI is InChI=1S/C14H28S/c1-11(2)14(12(3)4)9-5-7-13(15)8-6-10-14/h11-13,15H,5-10H2,1-4H3. The van der Waals surface area contributed by atoms with Crippen molar-refractivity contribution in [1.82, 2.24) is 0 Å². The molecular formula is C14H28S. The second-order valence-corrected chi connectivity index (χ2v) is 6.71. The minimum Gasteiger partial charge on any atom is -0.176 e. The quantitative estimate of drug-likeness (QED) is 0.636. The molecule has 1 aliphatic carbocycles. The van der Waals surface area contributed by atoms with E-state index in [4.69, 9.17) is 0 Å². The van der Waals surface area contributed by atoms with E-state index in [9.17, 15) is 0 Å². The summed E-state index contributed by atoms with van der Waals surface area (Å²) < 4.78 is 0. The average molecular weight is 228 g/mol. The van der Waals surface area contributed by atoms with Gasteiger partial charge in [-0.3, -0.25) is 0 Å². The van der Waals surface area contributed by atoms with Crippen LogP contribution in [0.5, 0.6) is 0 Å². The summed E-state index contributed by atoms with van der Waals surface area (Å²) in [5, 5.41) is 0.669. The molecule has 1 rings (SSSR count). The lowest BCUT2D eigenvalue weighted by Crippen LogP contribution is -2.34. The van der Waals surface area contributed by atoms with Crippen molar-refractivity contribution < 1.29 is 0 Å². The normalized spacial score (nSPS) is 24.2. The van der Waals surface area contributed by atoms with E-state index in [1.165, 1.54) is 38.5 Å². The first-order chi connectivity index (χ1) is 6.99. The number of hydrogen-bond donors (Lipinski definition) is 1. The summed E-state index contributed by atoms with van der Waals surface area (Å²) >= 11 is 4.64. The molecule has 0 amide bonds. The SMILES string of the molecule is CC(C)C1(C(C)C)CCCC(S)CCC1. The van der Waals surface area contributed by atoms with Crippen molar-refractivity contribution in [1.29, 1.82) is 0 Å². The Morgan fingerprint density at radius 3 is 1.67 bits per heavy atom. The van der Waals surface area contributed by atoms with Crippen LogP contribution >= 0.6 is 12.6 Å². The topological polar surface area (TPSA) is 0 Å². The molecule has 1 heteroatoms. The van der Waals surface area contributed by atoms with Crippen LogP contribution in [0.15, 0.2) is 0 Å². The van der Waals surface area contributed by atoms with Crippen LogP contribution in [0.3, 0.4) is 0 Å². The first kappa shape index (κ1) is 13.4. The Bertz CT molecular complexity index is 164. The highest BCUT2D eigenvalue weighted by molar-refractivity contribution is 7.80. The molecule has 0 radical (unpaired) electrons. The molecule has 0 spiro atoms. The van der Waals surface area contributed by atoms with Crippen LogP contribution in [0.2, 0.25) is 0 Å². The summed E-state index contributed by atoms with van der Waals surface area (Å²) in [6.07, 6.45) is 8.24. The minimum absolute atomic E-state index is 0.605. The van der Waals surface area contributed by atoms with E-state index in [2.05, 4.69) is 40.3 Å². The van der Waals surface area contributed by atoms with E-state index in [0.29, 0.717) is 10.7 Å². The fraction of sp³-hybridized carbons (Fsp3) is 1.00. The van der Waals surface area contributed by atoms with Gasteiger partial charge in [0.05, 0.1) is 0 Å². The smallest absolute Gasteiger partial charge is 0.00168 e. The summed E-state index contributed by atoms with van der Waals surface area (Å²) in [6, 6.07) is 0. The molecule has 1 fully saturated rings. The third kappa shape index (κ3) is 3.15. The second-order valence-electron chi connectivity index (χ2n) is 5.98. The molecule has 0 unspecified atom stereocenters. The van der Waals surface area contributed by atoms with Gasteiger partial charge in [0, 0.05) is 5.25 Å². The summed E-state index contributed by atoms with van der Waals surface area (Å²) in [4.78, 5) is 0. The van der Waals surface area contributed by atoms with Crippen LogP contribution < -0.4 is 0 Å². The van der Waals surface area contributed by atoms with Crippen molar-refractivity contribution >= 4 is 12.6 Å². The molecule has 1 saturated carbocycles. The lowest BCUT2D eigenvalue weighted by molar-refractivity contribution is 0.0727. The van der Waals surface area contributed by atoms with Crippen LogP contribution in [-0.2, 0) is 0 Å². The molecule has 0 saturated heterocycles. The maximum absolute atomic E-state index is 4.64. The first-order valence-corrected chi connectivity index (χ1v) is 7.18. The molecular weight excluding hydrogens is 200 g/mol. The fourth-order valence-electron chi connectivity index (χ4n) is 3.42. The van der Waals surface area contributed by atoms with Gasteiger partial charge in [0.25, 0.3) is 0 Å². The monoisotopic (exact) mass is 228 g/mol. The van der Waals surface area contributed by atoms with Crippen LogP contribution in [0.4, 0.5) is 0 Å². The predicted molar refractivity (Wildman–Crippen MR) is 72.6 cm³/mol. The molecule has 15 heavy (non-hydrogen) atoms. The van der Waals surface area contributed by atoms with E-state index >= 15 is 0 Å². The van der Waals surface area contributed by atoms with E-state index in [0.717, 1.165) is 11.8 Å². The summed E-state index contributed by atoms with van der Waals surface area (Å²) in [6.45, 7) is 9.67. The van der Waals surface area contributed by atoms with E-state index < -0.39 is 0 Å².